The maximum absolute atomic E-state index is 11.5. The van der Waals surface area contributed by atoms with Crippen LogP contribution >= 0.6 is 11.8 Å². The Morgan fingerprint density at radius 2 is 1.59 bits per heavy atom. The van der Waals surface area contributed by atoms with Gasteiger partial charge in [-0.15, -0.1) is 11.8 Å². The van der Waals surface area contributed by atoms with Gasteiger partial charge in [-0.2, -0.15) is 0 Å². The zero-order valence-corrected chi connectivity index (χ0v) is 19.3. The highest BCUT2D eigenvalue weighted by Gasteiger charge is 2.34. The van der Waals surface area contributed by atoms with Crippen molar-refractivity contribution in [1.82, 2.24) is 0 Å². The van der Waals surface area contributed by atoms with Gasteiger partial charge in [0.25, 0.3) is 0 Å². The van der Waals surface area contributed by atoms with Crippen molar-refractivity contribution in [3.05, 3.63) is 94.5 Å². The molecular weight excluding hydrogens is 418 g/mol. The number of aryl methyl sites for hydroxylation is 2. The van der Waals surface area contributed by atoms with E-state index in [4.69, 9.17) is 5.11 Å². The van der Waals surface area contributed by atoms with E-state index in [0.717, 1.165) is 29.0 Å². The number of fused-ring (bicyclic) bond motifs is 1. The molecule has 4 nitrogen and oxygen atoms in total. The summed E-state index contributed by atoms with van der Waals surface area (Å²) < 4.78 is 0. The minimum atomic E-state index is -0.926. The minimum absolute atomic E-state index is 0.0561. The molecule has 3 aromatic carbocycles. The van der Waals surface area contributed by atoms with Crippen LogP contribution in [0.2, 0.25) is 0 Å². The number of rotatable bonds is 7. The van der Waals surface area contributed by atoms with Gasteiger partial charge in [0.2, 0.25) is 0 Å². The molecule has 166 valence electrons. The van der Waals surface area contributed by atoms with E-state index in [2.05, 4.69) is 49.1 Å². The van der Waals surface area contributed by atoms with E-state index >= 15 is 0 Å². The van der Waals surface area contributed by atoms with Crippen molar-refractivity contribution >= 4 is 23.4 Å². The van der Waals surface area contributed by atoms with Gasteiger partial charge in [-0.1, -0.05) is 56.3 Å². The molecule has 0 aliphatic carbocycles. The molecule has 0 fully saturated rings. The van der Waals surface area contributed by atoms with Gasteiger partial charge in [-0.25, -0.2) is 4.79 Å². The molecule has 1 heterocycles. The lowest BCUT2D eigenvalue weighted by Crippen LogP contribution is -2.46. The first kappa shape index (κ1) is 22.4. The van der Waals surface area contributed by atoms with Gasteiger partial charge in [0.05, 0.1) is 16.5 Å². The van der Waals surface area contributed by atoms with E-state index in [9.17, 15) is 9.90 Å². The average Bonchev–Trinajstić information content (AvgIpc) is 2.82. The summed E-state index contributed by atoms with van der Waals surface area (Å²) >= 11 is 1.70. The Hall–Kier alpha value is -2.76. The van der Waals surface area contributed by atoms with Crippen molar-refractivity contribution in [3.8, 4) is 0 Å². The Morgan fingerprint density at radius 1 is 0.938 bits per heavy atom. The molecule has 3 aromatic rings. The molecule has 4 rings (SSSR count). The van der Waals surface area contributed by atoms with Crippen LogP contribution in [0.15, 0.2) is 71.6 Å². The molecule has 0 spiro atoms. The summed E-state index contributed by atoms with van der Waals surface area (Å²) in [6.07, 6.45) is 1.93. The summed E-state index contributed by atoms with van der Waals surface area (Å²) in [6, 6.07) is 21.7. The number of benzene rings is 3. The Balaban J connectivity index is 1.66. The molecule has 0 saturated heterocycles. The molecule has 2 N–H and O–H groups in total. The summed E-state index contributed by atoms with van der Waals surface area (Å²) in [5, 5.41) is 20.6. The van der Waals surface area contributed by atoms with Crippen molar-refractivity contribution in [3.63, 3.8) is 0 Å². The SMILES string of the molecule is CCc1cccc(CC)c1CN1c2ccccc2SC(Cc2ccc(C(=O)O)cc2)C1O. The Labute approximate surface area is 193 Å². The van der Waals surface area contributed by atoms with Crippen molar-refractivity contribution in [2.45, 2.75) is 56.0 Å². The minimum Gasteiger partial charge on any atom is -0.478 e. The van der Waals surface area contributed by atoms with Crippen molar-refractivity contribution in [2.24, 2.45) is 0 Å². The van der Waals surface area contributed by atoms with E-state index in [1.165, 1.54) is 16.7 Å². The number of hydrogen-bond acceptors (Lipinski definition) is 4. The largest absolute Gasteiger partial charge is 0.478 e. The molecule has 0 amide bonds. The first-order valence-electron chi connectivity index (χ1n) is 11.1. The van der Waals surface area contributed by atoms with Gasteiger partial charge < -0.3 is 15.1 Å². The van der Waals surface area contributed by atoms with Gasteiger partial charge >= 0.3 is 5.97 Å². The fourth-order valence-electron chi connectivity index (χ4n) is 4.43. The van der Waals surface area contributed by atoms with Gasteiger partial charge in [0.1, 0.15) is 6.23 Å². The number of carboxylic acids is 1. The average molecular weight is 448 g/mol. The number of anilines is 1. The number of aliphatic hydroxyl groups excluding tert-OH is 1. The third kappa shape index (κ3) is 4.54. The predicted molar refractivity (Wildman–Crippen MR) is 131 cm³/mol. The topological polar surface area (TPSA) is 60.8 Å². The number of hydrogen-bond donors (Lipinski definition) is 2. The summed E-state index contributed by atoms with van der Waals surface area (Å²) in [6.45, 7) is 5.02. The summed E-state index contributed by atoms with van der Waals surface area (Å²) in [4.78, 5) is 14.5. The second-order valence-electron chi connectivity index (χ2n) is 8.13. The van der Waals surface area contributed by atoms with Crippen molar-refractivity contribution in [2.75, 3.05) is 4.90 Å². The summed E-state index contributed by atoms with van der Waals surface area (Å²) in [7, 11) is 0. The van der Waals surface area contributed by atoms with Crippen LogP contribution in [-0.4, -0.2) is 27.7 Å². The molecule has 1 aliphatic heterocycles. The number of aliphatic hydroxyl groups is 1. The molecule has 2 unspecified atom stereocenters. The smallest absolute Gasteiger partial charge is 0.335 e. The first-order chi connectivity index (χ1) is 15.5. The third-order valence-electron chi connectivity index (χ3n) is 6.20. The lowest BCUT2D eigenvalue weighted by Gasteiger charge is -2.41. The molecule has 32 heavy (non-hydrogen) atoms. The zero-order valence-electron chi connectivity index (χ0n) is 18.5. The zero-order chi connectivity index (χ0) is 22.7. The van der Waals surface area contributed by atoms with E-state index in [0.29, 0.717) is 13.0 Å². The third-order valence-corrected chi connectivity index (χ3v) is 7.51. The fraction of sp³-hybridized carbons (Fsp3) is 0.296. The number of carboxylic acid groups (broad SMARTS) is 1. The molecule has 0 saturated carbocycles. The standard InChI is InChI=1S/C27H29NO3S/c1-3-19-8-7-9-20(4-2)22(19)17-28-23-10-5-6-11-24(23)32-25(26(28)29)16-18-12-14-21(15-13-18)27(30)31/h5-15,25-26,29H,3-4,16-17H2,1-2H3,(H,30,31). The van der Waals surface area contributed by atoms with E-state index in [1.807, 2.05) is 24.3 Å². The predicted octanol–water partition coefficient (Wildman–Crippen LogP) is 5.55. The first-order valence-corrected chi connectivity index (χ1v) is 12.0. The molecule has 2 atom stereocenters. The Kier molecular flexibility index (Phi) is 6.87. The van der Waals surface area contributed by atoms with E-state index in [-0.39, 0.29) is 10.8 Å². The van der Waals surface area contributed by atoms with Gasteiger partial charge in [0.15, 0.2) is 0 Å². The van der Waals surface area contributed by atoms with Crippen LogP contribution in [0.4, 0.5) is 5.69 Å². The van der Waals surface area contributed by atoms with Gasteiger partial charge in [-0.05, 0) is 65.8 Å². The van der Waals surface area contributed by atoms with E-state index < -0.39 is 12.2 Å². The van der Waals surface area contributed by atoms with Crippen LogP contribution in [0.5, 0.6) is 0 Å². The quantitative estimate of drug-likeness (QED) is 0.497. The van der Waals surface area contributed by atoms with Crippen LogP contribution in [0.25, 0.3) is 0 Å². The number of aromatic carboxylic acids is 1. The fourth-order valence-corrected chi connectivity index (χ4v) is 5.76. The molecule has 0 bridgehead atoms. The normalized spacial score (nSPS) is 17.8. The number of para-hydroxylation sites is 1. The second kappa shape index (κ2) is 9.80. The summed E-state index contributed by atoms with van der Waals surface area (Å²) in [5.41, 5.74) is 6.33. The number of carbonyl (C=O) groups is 1. The van der Waals surface area contributed by atoms with Gasteiger partial charge in [-0.3, -0.25) is 0 Å². The lowest BCUT2D eigenvalue weighted by molar-refractivity contribution is 0.0697. The highest BCUT2D eigenvalue weighted by Crippen LogP contribution is 2.43. The van der Waals surface area contributed by atoms with Gasteiger partial charge in [0, 0.05) is 11.4 Å². The van der Waals surface area contributed by atoms with Crippen LogP contribution in [0.3, 0.4) is 0 Å². The second-order valence-corrected chi connectivity index (χ2v) is 9.41. The summed E-state index contributed by atoms with van der Waals surface area (Å²) in [5.74, 6) is -0.926. The van der Waals surface area contributed by atoms with Crippen LogP contribution < -0.4 is 4.90 Å². The monoisotopic (exact) mass is 447 g/mol. The van der Waals surface area contributed by atoms with Crippen LogP contribution in [-0.2, 0) is 25.8 Å². The lowest BCUT2D eigenvalue weighted by atomic mass is 9.96. The molecule has 0 aromatic heterocycles. The Morgan fingerprint density at radius 3 is 2.22 bits per heavy atom. The van der Waals surface area contributed by atoms with Crippen LogP contribution in [0.1, 0.15) is 46.5 Å². The highest BCUT2D eigenvalue weighted by atomic mass is 32.2. The van der Waals surface area contributed by atoms with Crippen molar-refractivity contribution < 1.29 is 15.0 Å². The molecular formula is C27H29NO3S. The number of nitrogens with zero attached hydrogens (tertiary/aromatic N) is 1. The molecule has 1 aliphatic rings. The number of thioether (sulfide) groups is 1. The van der Waals surface area contributed by atoms with Crippen molar-refractivity contribution in [1.29, 1.82) is 0 Å². The highest BCUT2D eigenvalue weighted by molar-refractivity contribution is 8.00. The van der Waals surface area contributed by atoms with E-state index in [1.54, 1.807) is 23.9 Å². The Bertz CT molecular complexity index is 1070. The molecule has 0 radical (unpaired) electrons. The maximum Gasteiger partial charge on any atom is 0.335 e. The van der Waals surface area contributed by atoms with Crippen LogP contribution in [0, 0.1) is 0 Å². The molecule has 5 heteroatoms. The maximum atomic E-state index is 11.5.